The molecule has 5 atom stereocenters. The van der Waals surface area contributed by atoms with Gasteiger partial charge in [-0.05, 0) is 78.7 Å². The van der Waals surface area contributed by atoms with Crippen molar-refractivity contribution in [1.29, 1.82) is 0 Å². The number of aromatic hydroxyl groups is 5. The summed E-state index contributed by atoms with van der Waals surface area (Å²) in [6.45, 7) is 1.45. The van der Waals surface area contributed by atoms with Gasteiger partial charge in [0.2, 0.25) is 17.5 Å². The summed E-state index contributed by atoms with van der Waals surface area (Å²) in [4.78, 5) is 40.0. The van der Waals surface area contributed by atoms with Crippen LogP contribution in [0.15, 0.2) is 106 Å². The lowest BCUT2D eigenvalue weighted by molar-refractivity contribution is -0.275. The van der Waals surface area contributed by atoms with Gasteiger partial charge in [0.1, 0.15) is 45.8 Å². The van der Waals surface area contributed by atoms with Crippen molar-refractivity contribution in [1.82, 2.24) is 0 Å². The first-order valence-corrected chi connectivity index (χ1v) is 16.0. The third-order valence-electron chi connectivity index (χ3n) is 8.15. The van der Waals surface area contributed by atoms with Gasteiger partial charge in [-0.3, -0.25) is 4.79 Å². The molecular weight excluding hydrogens is 692 g/mol. The summed E-state index contributed by atoms with van der Waals surface area (Å²) < 4.78 is 29.1. The quantitative estimate of drug-likeness (QED) is 0.0894. The number of rotatable bonds is 9. The SMILES string of the molecule is C[C@H]1O[C@@H](Oc2c(-c3ccc(O)cc3)oc3cc(O)cc(O)c3c2=O)[C@H](OC(=O)C=Cc2ccc(O)cc2)[C@H](O)[C@H]1OC(=O)C=Cc1ccc(O)cc1. The number of esters is 2. The summed E-state index contributed by atoms with van der Waals surface area (Å²) in [6.07, 6.45) is -2.93. The third kappa shape index (κ3) is 8.25. The number of aliphatic hydroxyl groups excluding tert-OH is 1. The number of fused-ring (bicyclic) bond motifs is 1. The minimum atomic E-state index is -1.80. The number of phenolic OH excluding ortho intramolecular Hbond substituents is 5. The van der Waals surface area contributed by atoms with E-state index in [1.807, 2.05) is 0 Å². The normalized spacial score (nSPS) is 20.1. The van der Waals surface area contributed by atoms with E-state index in [-0.39, 0.29) is 39.5 Å². The van der Waals surface area contributed by atoms with Crippen molar-refractivity contribution in [2.45, 2.75) is 37.6 Å². The van der Waals surface area contributed by atoms with Crippen LogP contribution >= 0.6 is 0 Å². The maximum atomic E-state index is 14.0. The summed E-state index contributed by atoms with van der Waals surface area (Å²) >= 11 is 0. The van der Waals surface area contributed by atoms with Gasteiger partial charge >= 0.3 is 11.9 Å². The Morgan fingerprint density at radius 1 is 0.698 bits per heavy atom. The molecule has 2 heterocycles. The van der Waals surface area contributed by atoms with E-state index < -0.39 is 65.3 Å². The van der Waals surface area contributed by atoms with Gasteiger partial charge < -0.3 is 54.0 Å². The second kappa shape index (κ2) is 15.2. The molecule has 1 fully saturated rings. The highest BCUT2D eigenvalue weighted by Crippen LogP contribution is 2.38. The largest absolute Gasteiger partial charge is 0.508 e. The fraction of sp³-hybridized carbons (Fsp3) is 0.154. The van der Waals surface area contributed by atoms with E-state index >= 15 is 0 Å². The molecule has 0 bridgehead atoms. The number of ether oxygens (including phenoxy) is 4. The molecule has 0 radical (unpaired) electrons. The van der Waals surface area contributed by atoms with Gasteiger partial charge in [-0.2, -0.15) is 0 Å². The predicted molar refractivity (Wildman–Crippen MR) is 188 cm³/mol. The monoisotopic (exact) mass is 724 g/mol. The Balaban J connectivity index is 1.35. The van der Waals surface area contributed by atoms with Crippen molar-refractivity contribution in [2.75, 3.05) is 0 Å². The van der Waals surface area contributed by atoms with Crippen LogP contribution in [-0.4, -0.2) is 73.3 Å². The van der Waals surface area contributed by atoms with Crippen molar-refractivity contribution in [3.8, 4) is 45.8 Å². The molecule has 6 N–H and O–H groups in total. The average molecular weight is 725 g/mol. The van der Waals surface area contributed by atoms with Crippen LogP contribution in [0.3, 0.4) is 0 Å². The molecule has 5 aromatic rings. The van der Waals surface area contributed by atoms with Gasteiger partial charge in [-0.15, -0.1) is 0 Å². The van der Waals surface area contributed by atoms with Gasteiger partial charge in [0, 0.05) is 29.8 Å². The number of hydrogen-bond donors (Lipinski definition) is 6. The molecule has 14 nitrogen and oxygen atoms in total. The van der Waals surface area contributed by atoms with E-state index in [0.717, 1.165) is 24.3 Å². The van der Waals surface area contributed by atoms with Crippen molar-refractivity contribution in [2.24, 2.45) is 0 Å². The fourth-order valence-corrected chi connectivity index (χ4v) is 5.52. The zero-order chi connectivity index (χ0) is 37.8. The van der Waals surface area contributed by atoms with E-state index in [1.54, 1.807) is 12.1 Å². The van der Waals surface area contributed by atoms with Crippen LogP contribution in [0.4, 0.5) is 0 Å². The molecule has 0 aliphatic carbocycles. The van der Waals surface area contributed by atoms with Crippen molar-refractivity contribution in [3.63, 3.8) is 0 Å². The first-order valence-electron chi connectivity index (χ1n) is 16.0. The van der Waals surface area contributed by atoms with E-state index in [1.165, 1.54) is 79.7 Å². The smallest absolute Gasteiger partial charge is 0.331 e. The van der Waals surface area contributed by atoms with E-state index in [4.69, 9.17) is 23.4 Å². The van der Waals surface area contributed by atoms with Crippen molar-refractivity contribution >= 4 is 35.1 Å². The van der Waals surface area contributed by atoms with Crippen molar-refractivity contribution in [3.05, 3.63) is 118 Å². The van der Waals surface area contributed by atoms with Gasteiger partial charge in [0.05, 0.1) is 6.10 Å². The summed E-state index contributed by atoms with van der Waals surface area (Å²) in [5.74, 6) is -3.77. The Morgan fingerprint density at radius 3 is 1.75 bits per heavy atom. The summed E-state index contributed by atoms with van der Waals surface area (Å²) in [5, 5.41) is 60.8. The van der Waals surface area contributed by atoms with Gasteiger partial charge in [0.15, 0.2) is 18.0 Å². The number of carbonyl (C=O) groups is 2. The molecule has 0 saturated carbocycles. The molecule has 0 amide bonds. The summed E-state index contributed by atoms with van der Waals surface area (Å²) in [6, 6.07) is 19.3. The number of aliphatic hydroxyl groups is 1. The highest BCUT2D eigenvalue weighted by atomic mass is 16.7. The second-order valence-electron chi connectivity index (χ2n) is 11.9. The van der Waals surface area contributed by atoms with Gasteiger partial charge in [-0.1, -0.05) is 24.3 Å². The molecule has 53 heavy (non-hydrogen) atoms. The molecule has 1 aliphatic rings. The van der Waals surface area contributed by atoms with Gasteiger partial charge in [-0.25, -0.2) is 9.59 Å². The first kappa shape index (κ1) is 36.0. The molecule has 1 saturated heterocycles. The van der Waals surface area contributed by atoms with Crippen LogP contribution in [-0.2, 0) is 23.8 Å². The Morgan fingerprint density at radius 2 is 1.21 bits per heavy atom. The number of carbonyl (C=O) groups excluding carboxylic acids is 2. The lowest BCUT2D eigenvalue weighted by Crippen LogP contribution is -2.61. The van der Waals surface area contributed by atoms with Crippen LogP contribution in [0.5, 0.6) is 34.5 Å². The van der Waals surface area contributed by atoms with Crippen LogP contribution in [0, 0.1) is 0 Å². The molecule has 0 spiro atoms. The highest BCUT2D eigenvalue weighted by molar-refractivity contribution is 5.89. The molecular formula is C39H32O14. The number of hydrogen-bond acceptors (Lipinski definition) is 14. The zero-order valence-electron chi connectivity index (χ0n) is 27.7. The number of phenols is 5. The van der Waals surface area contributed by atoms with E-state index in [2.05, 4.69) is 0 Å². The molecule has 4 aromatic carbocycles. The molecule has 1 aromatic heterocycles. The minimum Gasteiger partial charge on any atom is -0.508 e. The zero-order valence-corrected chi connectivity index (χ0v) is 27.7. The Hall–Kier alpha value is -6.77. The average Bonchev–Trinajstić information content (AvgIpc) is 3.12. The van der Waals surface area contributed by atoms with E-state index in [0.29, 0.717) is 11.1 Å². The predicted octanol–water partition coefficient (Wildman–Crippen LogP) is 4.72. The Labute approximate surface area is 300 Å². The van der Waals surface area contributed by atoms with E-state index in [9.17, 15) is 45.0 Å². The van der Waals surface area contributed by atoms with Crippen molar-refractivity contribution < 1.29 is 63.6 Å². The third-order valence-corrected chi connectivity index (χ3v) is 8.15. The lowest BCUT2D eigenvalue weighted by atomic mass is 9.99. The molecule has 6 rings (SSSR count). The molecule has 272 valence electrons. The fourth-order valence-electron chi connectivity index (χ4n) is 5.52. The first-order chi connectivity index (χ1) is 25.4. The lowest BCUT2D eigenvalue weighted by Gasteiger charge is -2.41. The minimum absolute atomic E-state index is 0.00905. The maximum Gasteiger partial charge on any atom is 0.331 e. The van der Waals surface area contributed by atoms with Crippen LogP contribution in [0.2, 0.25) is 0 Å². The Kier molecular flexibility index (Phi) is 10.4. The summed E-state index contributed by atoms with van der Waals surface area (Å²) in [5.41, 5.74) is 0.154. The molecule has 0 unspecified atom stereocenters. The number of benzene rings is 4. The summed E-state index contributed by atoms with van der Waals surface area (Å²) in [7, 11) is 0. The second-order valence-corrected chi connectivity index (χ2v) is 11.9. The molecule has 14 heteroatoms. The van der Waals surface area contributed by atoms with Crippen LogP contribution in [0.25, 0.3) is 34.4 Å². The standard InChI is InChI=1S/C39H32O14/c1-20-35(51-30(45)16-6-21-2-10-24(40)11-3-21)34(48)38(52-31(46)17-7-22-4-12-25(41)13-5-22)39(49-20)53-37-33(47)32-28(44)18-27(43)19-29(32)50-36(37)23-8-14-26(42)15-9-23/h2-20,34-35,38-44,48H,1H3/t20-,34-,35+,38-,39+/m1/s1. The van der Waals surface area contributed by atoms with Crippen LogP contribution in [0.1, 0.15) is 18.1 Å². The molecule has 1 aliphatic heterocycles. The maximum absolute atomic E-state index is 14.0. The van der Waals surface area contributed by atoms with Crippen LogP contribution < -0.4 is 10.2 Å². The van der Waals surface area contributed by atoms with Gasteiger partial charge in [0.25, 0.3) is 0 Å². The Bertz CT molecular complexity index is 2240. The topological polar surface area (TPSA) is 223 Å². The highest BCUT2D eigenvalue weighted by Gasteiger charge is 2.49.